The minimum atomic E-state index is -3.63. The Morgan fingerprint density at radius 1 is 1.15 bits per heavy atom. The molecule has 1 aliphatic rings. The first-order valence-electron chi connectivity index (χ1n) is 8.14. The number of fused-ring (bicyclic) bond motifs is 1. The summed E-state index contributed by atoms with van der Waals surface area (Å²) in [6.45, 7) is 1.10. The fourth-order valence-corrected chi connectivity index (χ4v) is 4.03. The van der Waals surface area contributed by atoms with Crippen LogP contribution < -0.4 is 15.4 Å². The predicted molar refractivity (Wildman–Crippen MR) is 103 cm³/mol. The third-order valence-corrected chi connectivity index (χ3v) is 5.79. The summed E-state index contributed by atoms with van der Waals surface area (Å²) in [5.74, 6) is -0.250. The molecule has 1 heterocycles. The minimum absolute atomic E-state index is 0. The van der Waals surface area contributed by atoms with E-state index >= 15 is 0 Å². The average Bonchev–Trinajstić information content (AvgIpc) is 2.66. The van der Waals surface area contributed by atoms with Gasteiger partial charge in [-0.2, -0.15) is 0 Å². The zero-order valence-electron chi connectivity index (χ0n) is 14.4. The fraction of sp³-hybridized carbons (Fsp3) is 0.278. The molecule has 0 spiro atoms. The Balaban J connectivity index is 0.00000243. The average molecular weight is 396 g/mol. The number of amides is 1. The summed E-state index contributed by atoms with van der Waals surface area (Å²) >= 11 is 0. The molecule has 1 aliphatic heterocycles. The van der Waals surface area contributed by atoms with Crippen LogP contribution in [0.4, 0.5) is 0 Å². The topological polar surface area (TPSA) is 87.3 Å². The van der Waals surface area contributed by atoms with Crippen LogP contribution in [0.1, 0.15) is 27.5 Å². The minimum Gasteiger partial charge on any atom is -0.355 e. The summed E-state index contributed by atoms with van der Waals surface area (Å²) in [5, 5.41) is 5.86. The summed E-state index contributed by atoms with van der Waals surface area (Å²) in [6, 6.07) is 13.9. The van der Waals surface area contributed by atoms with Crippen LogP contribution in [-0.2, 0) is 16.4 Å². The van der Waals surface area contributed by atoms with Gasteiger partial charge in [-0.25, -0.2) is 13.1 Å². The van der Waals surface area contributed by atoms with Crippen molar-refractivity contribution in [1.29, 1.82) is 0 Å². The second kappa shape index (κ2) is 8.64. The molecule has 0 aliphatic carbocycles. The largest absolute Gasteiger partial charge is 0.355 e. The number of hydrogen-bond acceptors (Lipinski definition) is 4. The van der Waals surface area contributed by atoms with Gasteiger partial charge in [-0.15, -0.1) is 12.4 Å². The lowest BCUT2D eigenvalue weighted by molar-refractivity contribution is 0.0963. The second-order valence-electron chi connectivity index (χ2n) is 5.91. The molecule has 0 saturated carbocycles. The molecule has 2 aromatic rings. The summed E-state index contributed by atoms with van der Waals surface area (Å²) in [4.78, 5) is 11.7. The van der Waals surface area contributed by atoms with Gasteiger partial charge in [0.15, 0.2) is 0 Å². The fourth-order valence-electron chi connectivity index (χ4n) is 2.98. The van der Waals surface area contributed by atoms with Crippen LogP contribution in [0.25, 0.3) is 0 Å². The van der Waals surface area contributed by atoms with E-state index in [2.05, 4.69) is 21.4 Å². The maximum absolute atomic E-state index is 12.5. The van der Waals surface area contributed by atoms with Crippen molar-refractivity contribution in [3.63, 3.8) is 0 Å². The first-order valence-corrected chi connectivity index (χ1v) is 9.62. The van der Waals surface area contributed by atoms with Gasteiger partial charge in [0.05, 0.1) is 4.90 Å². The molecule has 0 bridgehead atoms. The standard InChI is InChI=1S/C18H21N3O3S.ClH/c1-19-18(22)14-6-8-15(9-7-14)25(23,24)21-12-17-16-5-3-2-4-13(16)10-11-20-17;/h2-9,17,20-21H,10-12H2,1H3,(H,19,22);1H. The van der Waals surface area contributed by atoms with E-state index in [0.29, 0.717) is 5.56 Å². The van der Waals surface area contributed by atoms with Crippen LogP contribution >= 0.6 is 12.4 Å². The Bertz CT molecular complexity index is 870. The molecule has 3 rings (SSSR count). The number of halogens is 1. The Morgan fingerprint density at radius 3 is 2.54 bits per heavy atom. The van der Waals surface area contributed by atoms with Crippen molar-refractivity contribution in [2.45, 2.75) is 17.4 Å². The van der Waals surface area contributed by atoms with E-state index in [0.717, 1.165) is 18.5 Å². The van der Waals surface area contributed by atoms with Crippen molar-refractivity contribution < 1.29 is 13.2 Å². The van der Waals surface area contributed by atoms with Crippen molar-refractivity contribution in [3.8, 4) is 0 Å². The normalized spacial score (nSPS) is 16.3. The summed E-state index contributed by atoms with van der Waals surface area (Å²) < 4.78 is 27.7. The lowest BCUT2D eigenvalue weighted by Crippen LogP contribution is -2.38. The van der Waals surface area contributed by atoms with Crippen molar-refractivity contribution in [2.75, 3.05) is 20.1 Å². The lowest BCUT2D eigenvalue weighted by Gasteiger charge is -2.27. The van der Waals surface area contributed by atoms with E-state index in [4.69, 9.17) is 0 Å². The number of carbonyl (C=O) groups is 1. The highest BCUT2D eigenvalue weighted by molar-refractivity contribution is 7.89. The number of nitrogens with one attached hydrogen (secondary N) is 3. The Morgan fingerprint density at radius 2 is 1.85 bits per heavy atom. The number of rotatable bonds is 5. The lowest BCUT2D eigenvalue weighted by atomic mass is 9.95. The Hall–Kier alpha value is -1.93. The third-order valence-electron chi connectivity index (χ3n) is 4.35. The molecule has 0 saturated heterocycles. The molecule has 1 amide bonds. The molecule has 1 atom stereocenters. The molecule has 8 heteroatoms. The molecular weight excluding hydrogens is 374 g/mol. The summed E-state index contributed by atoms with van der Waals surface area (Å²) in [7, 11) is -2.10. The van der Waals surface area contributed by atoms with Gasteiger partial charge in [0.1, 0.15) is 0 Å². The Labute approximate surface area is 159 Å². The highest BCUT2D eigenvalue weighted by Crippen LogP contribution is 2.22. The van der Waals surface area contributed by atoms with Crippen molar-refractivity contribution in [1.82, 2.24) is 15.4 Å². The summed E-state index contributed by atoms with van der Waals surface area (Å²) in [5.41, 5.74) is 2.80. The molecule has 0 aromatic heterocycles. The highest BCUT2D eigenvalue weighted by atomic mass is 35.5. The highest BCUT2D eigenvalue weighted by Gasteiger charge is 2.22. The van der Waals surface area contributed by atoms with Crippen molar-refractivity contribution >= 4 is 28.3 Å². The van der Waals surface area contributed by atoms with Gasteiger partial charge in [0.25, 0.3) is 5.91 Å². The monoisotopic (exact) mass is 395 g/mol. The smallest absolute Gasteiger partial charge is 0.251 e. The van der Waals surface area contributed by atoms with Crippen molar-refractivity contribution in [3.05, 3.63) is 65.2 Å². The predicted octanol–water partition coefficient (Wildman–Crippen LogP) is 1.63. The van der Waals surface area contributed by atoms with E-state index in [9.17, 15) is 13.2 Å². The molecule has 3 N–H and O–H groups in total. The van der Waals surface area contributed by atoms with Gasteiger partial charge in [-0.1, -0.05) is 24.3 Å². The van der Waals surface area contributed by atoms with Crippen LogP contribution in [-0.4, -0.2) is 34.5 Å². The quantitative estimate of drug-likeness (QED) is 0.718. The first-order chi connectivity index (χ1) is 12.0. The maximum Gasteiger partial charge on any atom is 0.251 e. The molecule has 0 fully saturated rings. The van der Waals surface area contributed by atoms with E-state index in [1.54, 1.807) is 0 Å². The number of carbonyl (C=O) groups excluding carboxylic acids is 1. The number of benzene rings is 2. The second-order valence-corrected chi connectivity index (χ2v) is 7.68. The summed E-state index contributed by atoms with van der Waals surface area (Å²) in [6.07, 6.45) is 0.945. The van der Waals surface area contributed by atoms with E-state index in [1.807, 2.05) is 18.2 Å². The van der Waals surface area contributed by atoms with Crippen molar-refractivity contribution in [2.24, 2.45) is 0 Å². The van der Waals surface area contributed by atoms with E-state index in [1.165, 1.54) is 36.9 Å². The zero-order valence-corrected chi connectivity index (χ0v) is 16.0. The van der Waals surface area contributed by atoms with Gasteiger partial charge in [0, 0.05) is 25.2 Å². The van der Waals surface area contributed by atoms with Gasteiger partial charge >= 0.3 is 0 Å². The van der Waals surface area contributed by atoms with E-state index in [-0.39, 0.29) is 35.8 Å². The van der Waals surface area contributed by atoms with Crippen LogP contribution in [0.2, 0.25) is 0 Å². The maximum atomic E-state index is 12.5. The molecule has 6 nitrogen and oxygen atoms in total. The number of sulfonamides is 1. The van der Waals surface area contributed by atoms with Gasteiger partial charge < -0.3 is 10.6 Å². The molecule has 140 valence electrons. The van der Waals surface area contributed by atoms with E-state index < -0.39 is 10.0 Å². The van der Waals surface area contributed by atoms with Crippen LogP contribution in [0, 0.1) is 0 Å². The molecule has 1 unspecified atom stereocenters. The zero-order chi connectivity index (χ0) is 17.9. The third kappa shape index (κ3) is 4.42. The molecular formula is C18H22ClN3O3S. The molecule has 26 heavy (non-hydrogen) atoms. The van der Waals surface area contributed by atoms with Crippen LogP contribution in [0.15, 0.2) is 53.4 Å². The van der Waals surface area contributed by atoms with Crippen LogP contribution in [0.5, 0.6) is 0 Å². The van der Waals surface area contributed by atoms with Crippen LogP contribution in [0.3, 0.4) is 0 Å². The Kier molecular flexibility index (Phi) is 6.77. The molecule has 0 radical (unpaired) electrons. The first kappa shape index (κ1) is 20.4. The van der Waals surface area contributed by atoms with Gasteiger partial charge in [-0.05, 0) is 48.4 Å². The van der Waals surface area contributed by atoms with Gasteiger partial charge in [0.2, 0.25) is 10.0 Å². The molecule has 2 aromatic carbocycles. The van der Waals surface area contributed by atoms with Gasteiger partial charge in [-0.3, -0.25) is 4.79 Å². The SMILES string of the molecule is CNC(=O)c1ccc(S(=O)(=O)NCC2NCCc3ccccc32)cc1.Cl. The number of hydrogen-bond donors (Lipinski definition) is 3.